The van der Waals surface area contributed by atoms with E-state index < -0.39 is 0 Å². The highest BCUT2D eigenvalue weighted by Crippen LogP contribution is 2.45. The molecule has 1 spiro atoms. The minimum Gasteiger partial charge on any atom is -0.326 e. The van der Waals surface area contributed by atoms with Gasteiger partial charge in [0.15, 0.2) is 0 Å². The summed E-state index contributed by atoms with van der Waals surface area (Å²) in [5.41, 5.74) is 2.47. The zero-order chi connectivity index (χ0) is 15.0. The molecule has 1 aromatic rings. The van der Waals surface area contributed by atoms with E-state index in [1.165, 1.54) is 18.4 Å². The third-order valence-corrected chi connectivity index (χ3v) is 5.85. The van der Waals surface area contributed by atoms with Crippen LogP contribution in [0.4, 0.5) is 5.69 Å². The molecule has 22 heavy (non-hydrogen) atoms. The number of piperidine rings is 2. The van der Waals surface area contributed by atoms with Crippen LogP contribution in [0.1, 0.15) is 37.7 Å². The Bertz CT molecular complexity index is 557. The predicted octanol–water partition coefficient (Wildman–Crippen LogP) is 2.11. The number of benzene rings is 1. The molecule has 1 aromatic carbocycles. The largest absolute Gasteiger partial charge is 0.326 e. The number of hydrogen-bond acceptors (Lipinski definition) is 3. The van der Waals surface area contributed by atoms with Crippen molar-refractivity contribution in [2.45, 2.75) is 43.6 Å². The second-order valence-corrected chi connectivity index (χ2v) is 7.07. The molecule has 0 bridgehead atoms. The molecule has 4 nitrogen and oxygen atoms in total. The molecule has 3 heterocycles. The second kappa shape index (κ2) is 5.67. The Hall–Kier alpha value is -1.39. The molecule has 0 unspecified atom stereocenters. The minimum atomic E-state index is 0.0718. The molecule has 2 N–H and O–H groups in total. The molecule has 0 radical (unpaired) electrons. The van der Waals surface area contributed by atoms with E-state index in [1.807, 2.05) is 12.1 Å². The Balaban J connectivity index is 1.53. The van der Waals surface area contributed by atoms with Crippen molar-refractivity contribution in [3.63, 3.8) is 0 Å². The summed E-state index contributed by atoms with van der Waals surface area (Å²) in [5.74, 6) is 0.189. The van der Waals surface area contributed by atoms with E-state index in [4.69, 9.17) is 0 Å². The fourth-order valence-electron chi connectivity index (χ4n) is 4.59. The molecule has 3 aliphatic heterocycles. The normalized spacial score (nSPS) is 25.7. The fourth-order valence-corrected chi connectivity index (χ4v) is 4.59. The standard InChI is InChI=1S/C18H25N3O/c22-17-13-18(15-3-1-2-4-16(15)20-17)7-11-21(12-8-18)14-5-9-19-10-6-14/h1-4,14,19H,5-13H2,(H,20,22). The van der Waals surface area contributed by atoms with E-state index >= 15 is 0 Å². The lowest BCUT2D eigenvalue weighted by Crippen LogP contribution is -2.51. The van der Waals surface area contributed by atoms with Gasteiger partial charge in [0, 0.05) is 23.6 Å². The quantitative estimate of drug-likeness (QED) is 0.835. The maximum atomic E-state index is 12.1. The number of hydrogen-bond donors (Lipinski definition) is 2. The molecule has 4 rings (SSSR count). The molecule has 0 atom stereocenters. The molecule has 118 valence electrons. The maximum absolute atomic E-state index is 12.1. The van der Waals surface area contributed by atoms with Crippen molar-refractivity contribution in [1.29, 1.82) is 0 Å². The van der Waals surface area contributed by atoms with Crippen LogP contribution in [0.3, 0.4) is 0 Å². The molecule has 4 heteroatoms. The lowest BCUT2D eigenvalue weighted by molar-refractivity contribution is -0.118. The van der Waals surface area contributed by atoms with Crippen molar-refractivity contribution in [2.75, 3.05) is 31.5 Å². The van der Waals surface area contributed by atoms with Crippen LogP contribution in [0.2, 0.25) is 0 Å². The number of carbonyl (C=O) groups excluding carboxylic acids is 1. The molecule has 3 aliphatic rings. The highest BCUT2D eigenvalue weighted by Gasteiger charge is 2.43. The van der Waals surface area contributed by atoms with Gasteiger partial charge >= 0.3 is 0 Å². The summed E-state index contributed by atoms with van der Waals surface area (Å²) in [6.45, 7) is 4.56. The van der Waals surface area contributed by atoms with E-state index in [9.17, 15) is 4.79 Å². The Kier molecular flexibility index (Phi) is 3.66. The van der Waals surface area contributed by atoms with E-state index in [1.54, 1.807) is 0 Å². The van der Waals surface area contributed by atoms with Crippen molar-refractivity contribution in [1.82, 2.24) is 10.2 Å². The summed E-state index contributed by atoms with van der Waals surface area (Å²) in [5, 5.41) is 6.50. The number of anilines is 1. The van der Waals surface area contributed by atoms with E-state index in [-0.39, 0.29) is 11.3 Å². The first-order valence-corrected chi connectivity index (χ1v) is 8.61. The average molecular weight is 299 g/mol. The van der Waals surface area contributed by atoms with Crippen LogP contribution < -0.4 is 10.6 Å². The lowest BCUT2D eigenvalue weighted by Gasteiger charge is -2.47. The smallest absolute Gasteiger partial charge is 0.225 e. The Morgan fingerprint density at radius 1 is 1.09 bits per heavy atom. The van der Waals surface area contributed by atoms with Gasteiger partial charge in [0.05, 0.1) is 0 Å². The maximum Gasteiger partial charge on any atom is 0.225 e. The van der Waals surface area contributed by atoms with Gasteiger partial charge in [0.25, 0.3) is 0 Å². The lowest BCUT2D eigenvalue weighted by atomic mass is 9.68. The molecular formula is C18H25N3O. The number of carbonyl (C=O) groups is 1. The molecular weight excluding hydrogens is 274 g/mol. The van der Waals surface area contributed by atoms with Crippen LogP contribution in [0, 0.1) is 0 Å². The average Bonchev–Trinajstić information content (AvgIpc) is 2.56. The van der Waals surface area contributed by atoms with Crippen molar-refractivity contribution < 1.29 is 4.79 Å². The van der Waals surface area contributed by atoms with Crippen molar-refractivity contribution >= 4 is 11.6 Å². The first-order valence-electron chi connectivity index (χ1n) is 8.61. The molecule has 0 saturated carbocycles. The van der Waals surface area contributed by atoms with Gasteiger partial charge in [-0.05, 0) is 63.5 Å². The number of amides is 1. The second-order valence-electron chi connectivity index (χ2n) is 7.07. The van der Waals surface area contributed by atoms with E-state index in [0.717, 1.165) is 50.7 Å². The van der Waals surface area contributed by atoms with Crippen molar-refractivity contribution in [2.24, 2.45) is 0 Å². The van der Waals surface area contributed by atoms with Gasteiger partial charge in [-0.15, -0.1) is 0 Å². The first-order chi connectivity index (χ1) is 10.8. The molecule has 2 saturated heterocycles. The van der Waals surface area contributed by atoms with Crippen molar-refractivity contribution in [3.05, 3.63) is 29.8 Å². The van der Waals surface area contributed by atoms with Crippen LogP contribution in [0.15, 0.2) is 24.3 Å². The molecule has 2 fully saturated rings. The number of nitrogens with one attached hydrogen (secondary N) is 2. The third-order valence-electron chi connectivity index (χ3n) is 5.85. The van der Waals surface area contributed by atoms with E-state index in [0.29, 0.717) is 6.42 Å². The Labute approximate surface area is 132 Å². The summed E-state index contributed by atoms with van der Waals surface area (Å²) in [6.07, 6.45) is 5.42. The first kappa shape index (κ1) is 14.2. The summed E-state index contributed by atoms with van der Waals surface area (Å²) in [6, 6.07) is 9.13. The minimum absolute atomic E-state index is 0.0718. The fraction of sp³-hybridized carbons (Fsp3) is 0.611. The summed E-state index contributed by atoms with van der Waals surface area (Å²) in [4.78, 5) is 14.8. The zero-order valence-corrected chi connectivity index (χ0v) is 13.1. The van der Waals surface area contributed by atoms with Gasteiger partial charge in [0.2, 0.25) is 5.91 Å². The number of para-hydroxylation sites is 1. The number of fused-ring (bicyclic) bond motifs is 2. The van der Waals surface area contributed by atoms with Crippen LogP contribution in [-0.4, -0.2) is 43.0 Å². The highest BCUT2D eigenvalue weighted by molar-refractivity contribution is 5.95. The SMILES string of the molecule is O=C1CC2(CCN(C3CCNCC3)CC2)c2ccccc2N1. The van der Waals surface area contributed by atoms with Gasteiger partial charge in [-0.1, -0.05) is 18.2 Å². The van der Waals surface area contributed by atoms with Gasteiger partial charge in [0.1, 0.15) is 0 Å². The van der Waals surface area contributed by atoms with Crippen molar-refractivity contribution in [3.8, 4) is 0 Å². The third kappa shape index (κ3) is 2.44. The van der Waals surface area contributed by atoms with Crippen LogP contribution in [-0.2, 0) is 10.2 Å². The Morgan fingerprint density at radius 2 is 1.82 bits per heavy atom. The van der Waals surface area contributed by atoms with Crippen LogP contribution in [0.25, 0.3) is 0 Å². The number of rotatable bonds is 1. The highest BCUT2D eigenvalue weighted by atomic mass is 16.1. The Morgan fingerprint density at radius 3 is 2.59 bits per heavy atom. The predicted molar refractivity (Wildman–Crippen MR) is 88.1 cm³/mol. The van der Waals surface area contributed by atoms with Crippen LogP contribution >= 0.6 is 0 Å². The number of likely N-dealkylation sites (tertiary alicyclic amines) is 1. The van der Waals surface area contributed by atoms with Gasteiger partial charge < -0.3 is 15.5 Å². The number of nitrogens with zero attached hydrogens (tertiary/aromatic N) is 1. The summed E-state index contributed by atoms with van der Waals surface area (Å²) in [7, 11) is 0. The summed E-state index contributed by atoms with van der Waals surface area (Å²) >= 11 is 0. The topological polar surface area (TPSA) is 44.4 Å². The van der Waals surface area contributed by atoms with Crippen LogP contribution in [0.5, 0.6) is 0 Å². The molecule has 0 aliphatic carbocycles. The van der Waals surface area contributed by atoms with Gasteiger partial charge in [-0.2, -0.15) is 0 Å². The van der Waals surface area contributed by atoms with Gasteiger partial charge in [-0.25, -0.2) is 0 Å². The zero-order valence-electron chi connectivity index (χ0n) is 13.1. The van der Waals surface area contributed by atoms with E-state index in [2.05, 4.69) is 27.7 Å². The van der Waals surface area contributed by atoms with Gasteiger partial charge in [-0.3, -0.25) is 4.79 Å². The monoisotopic (exact) mass is 299 g/mol. The molecule has 0 aromatic heterocycles. The summed E-state index contributed by atoms with van der Waals surface area (Å²) < 4.78 is 0. The molecule has 1 amide bonds.